The molecular weight excluding hydrogens is 269 g/mol. The zero-order valence-electron chi connectivity index (χ0n) is 11.9. The molecule has 108 valence electrons. The number of methoxy groups -OCH3 is 1. The molecule has 1 saturated carbocycles. The minimum atomic E-state index is -3.71. The van der Waals surface area contributed by atoms with E-state index in [0.29, 0.717) is 0 Å². The Labute approximate surface area is 113 Å². The second kappa shape index (κ2) is 5.62. The molecule has 0 radical (unpaired) electrons. The van der Waals surface area contributed by atoms with Gasteiger partial charge in [-0.05, 0) is 34.1 Å². The fourth-order valence-electron chi connectivity index (χ4n) is 1.93. The number of carbonyl (C=O) groups excluding carboxylic acids is 1. The van der Waals surface area contributed by atoms with Crippen LogP contribution < -0.4 is 0 Å². The predicted molar refractivity (Wildman–Crippen MR) is 68.5 cm³/mol. The van der Waals surface area contributed by atoms with E-state index in [1.54, 1.807) is 27.7 Å². The first-order valence-corrected chi connectivity index (χ1v) is 7.72. The molecule has 0 amide bonds. The maximum absolute atomic E-state index is 12.9. The second-order valence-electron chi connectivity index (χ2n) is 5.12. The zero-order chi connectivity index (χ0) is 14.8. The number of hydrogen-bond donors (Lipinski definition) is 0. The minimum Gasteiger partial charge on any atom is -0.469 e. The topological polar surface area (TPSA) is 85.6 Å². The van der Waals surface area contributed by atoms with Gasteiger partial charge in [0, 0.05) is 0 Å². The molecule has 0 aromatic carbocycles. The summed E-state index contributed by atoms with van der Waals surface area (Å²) in [5.41, 5.74) is 0. The van der Waals surface area contributed by atoms with Crippen molar-refractivity contribution in [3.8, 4) is 6.07 Å². The highest BCUT2D eigenvalue weighted by atomic mass is 31.2. The number of nitriles is 1. The van der Waals surface area contributed by atoms with Crippen molar-refractivity contribution in [2.75, 3.05) is 7.11 Å². The smallest absolute Gasteiger partial charge is 0.352 e. The third kappa shape index (κ3) is 3.00. The van der Waals surface area contributed by atoms with E-state index in [2.05, 4.69) is 4.74 Å². The van der Waals surface area contributed by atoms with Gasteiger partial charge in [0.25, 0.3) is 0 Å². The van der Waals surface area contributed by atoms with Gasteiger partial charge in [-0.25, -0.2) is 0 Å². The first-order valence-electron chi connectivity index (χ1n) is 6.18. The van der Waals surface area contributed by atoms with Gasteiger partial charge in [0.05, 0.1) is 31.3 Å². The Kier molecular flexibility index (Phi) is 4.78. The molecule has 0 aromatic rings. The van der Waals surface area contributed by atoms with Crippen molar-refractivity contribution in [2.45, 2.75) is 51.5 Å². The second-order valence-corrected chi connectivity index (χ2v) is 7.34. The third-order valence-electron chi connectivity index (χ3n) is 2.80. The van der Waals surface area contributed by atoms with Gasteiger partial charge in [0.2, 0.25) is 0 Å². The average molecular weight is 289 g/mol. The van der Waals surface area contributed by atoms with Crippen LogP contribution in [0.5, 0.6) is 0 Å². The highest BCUT2D eigenvalue weighted by molar-refractivity contribution is 7.56. The summed E-state index contributed by atoms with van der Waals surface area (Å²) >= 11 is 0. The number of ether oxygens (including phenoxy) is 1. The standard InChI is InChI=1S/C12H20NO5P/c1-8(2)17-19(15,18-9(3)4)12(7-13)6-10(12)11(14)16-5/h8-10H,6H2,1-5H3/t10-,12-/m1/s1. The number of carbonyl (C=O) groups is 1. The fraction of sp³-hybridized carbons (Fsp3) is 0.833. The molecule has 0 saturated heterocycles. The molecular formula is C12H20NO5P. The van der Waals surface area contributed by atoms with Crippen LogP contribution in [0.2, 0.25) is 0 Å². The third-order valence-corrected chi connectivity index (χ3v) is 5.77. The largest absolute Gasteiger partial charge is 0.469 e. The molecule has 0 unspecified atom stereocenters. The van der Waals surface area contributed by atoms with Crippen LogP contribution in [-0.4, -0.2) is 30.4 Å². The maximum Gasteiger partial charge on any atom is 0.352 e. The van der Waals surface area contributed by atoms with Crippen LogP contribution in [0, 0.1) is 17.2 Å². The lowest BCUT2D eigenvalue weighted by atomic mass is 10.3. The summed E-state index contributed by atoms with van der Waals surface area (Å²) in [5.74, 6) is -1.30. The molecule has 2 atom stereocenters. The van der Waals surface area contributed by atoms with E-state index >= 15 is 0 Å². The molecule has 7 heteroatoms. The molecule has 0 N–H and O–H groups in total. The molecule has 6 nitrogen and oxygen atoms in total. The van der Waals surface area contributed by atoms with Crippen molar-refractivity contribution in [2.24, 2.45) is 5.92 Å². The van der Waals surface area contributed by atoms with E-state index in [9.17, 15) is 14.6 Å². The van der Waals surface area contributed by atoms with E-state index in [1.807, 2.05) is 6.07 Å². The van der Waals surface area contributed by atoms with Crippen LogP contribution in [0.15, 0.2) is 0 Å². The molecule has 0 spiro atoms. The van der Waals surface area contributed by atoms with Crippen LogP contribution in [-0.2, 0) is 23.1 Å². The van der Waals surface area contributed by atoms with Crippen LogP contribution in [0.1, 0.15) is 34.1 Å². The zero-order valence-corrected chi connectivity index (χ0v) is 12.8. The molecule has 0 bridgehead atoms. The van der Waals surface area contributed by atoms with Crippen LogP contribution in [0.25, 0.3) is 0 Å². The summed E-state index contributed by atoms with van der Waals surface area (Å²) in [6, 6.07) is 1.96. The lowest BCUT2D eigenvalue weighted by Crippen LogP contribution is -2.23. The lowest BCUT2D eigenvalue weighted by Gasteiger charge is -2.26. The van der Waals surface area contributed by atoms with Gasteiger partial charge in [0.1, 0.15) is 0 Å². The highest BCUT2D eigenvalue weighted by Crippen LogP contribution is 2.74. The van der Waals surface area contributed by atoms with Crippen molar-refractivity contribution >= 4 is 13.6 Å². The van der Waals surface area contributed by atoms with Gasteiger partial charge in [0.15, 0.2) is 5.16 Å². The SMILES string of the molecule is COC(=O)[C@H]1C[C@]1(C#N)P(=O)(OC(C)C)OC(C)C. The molecule has 1 fully saturated rings. The van der Waals surface area contributed by atoms with Gasteiger partial charge in [-0.1, -0.05) is 0 Å². The van der Waals surface area contributed by atoms with Crippen molar-refractivity contribution in [3.05, 3.63) is 0 Å². The Morgan fingerprint density at radius 2 is 1.79 bits per heavy atom. The fourth-order valence-corrected chi connectivity index (χ4v) is 4.48. The van der Waals surface area contributed by atoms with Crippen molar-refractivity contribution in [3.63, 3.8) is 0 Å². The molecule has 1 aliphatic rings. The predicted octanol–water partition coefficient (Wildman–Crippen LogP) is 2.48. The quantitative estimate of drug-likeness (QED) is 0.551. The van der Waals surface area contributed by atoms with Crippen molar-refractivity contribution in [1.29, 1.82) is 5.26 Å². The van der Waals surface area contributed by atoms with E-state index in [-0.39, 0.29) is 18.6 Å². The number of hydrogen-bond acceptors (Lipinski definition) is 6. The normalized spacial score (nSPS) is 26.3. The summed E-state index contributed by atoms with van der Waals surface area (Å²) < 4.78 is 28.3. The Balaban J connectivity index is 3.08. The first-order chi connectivity index (χ1) is 8.72. The maximum atomic E-state index is 12.9. The Hall–Kier alpha value is -0.890. The van der Waals surface area contributed by atoms with Gasteiger partial charge < -0.3 is 13.8 Å². The molecule has 1 rings (SSSR count). The molecule has 0 heterocycles. The molecule has 19 heavy (non-hydrogen) atoms. The summed E-state index contributed by atoms with van der Waals surface area (Å²) in [6.07, 6.45) is -0.588. The number of rotatable bonds is 6. The van der Waals surface area contributed by atoms with E-state index < -0.39 is 24.6 Å². The number of nitrogens with zero attached hydrogens (tertiary/aromatic N) is 1. The Bertz CT molecular complexity index is 428. The summed E-state index contributed by atoms with van der Waals surface area (Å²) in [4.78, 5) is 11.6. The Morgan fingerprint density at radius 1 is 1.32 bits per heavy atom. The summed E-state index contributed by atoms with van der Waals surface area (Å²) in [5, 5.41) is 7.93. The van der Waals surface area contributed by atoms with Gasteiger partial charge >= 0.3 is 13.6 Å². The van der Waals surface area contributed by atoms with Gasteiger partial charge in [-0.2, -0.15) is 5.26 Å². The van der Waals surface area contributed by atoms with Crippen LogP contribution in [0.4, 0.5) is 0 Å². The first kappa shape index (κ1) is 16.2. The van der Waals surface area contributed by atoms with Crippen molar-refractivity contribution < 1.29 is 23.1 Å². The highest BCUT2D eigenvalue weighted by Gasteiger charge is 2.73. The minimum absolute atomic E-state index is 0.146. The van der Waals surface area contributed by atoms with E-state index in [4.69, 9.17) is 9.05 Å². The Morgan fingerprint density at radius 3 is 2.11 bits per heavy atom. The lowest BCUT2D eigenvalue weighted by molar-refractivity contribution is -0.142. The van der Waals surface area contributed by atoms with E-state index in [0.717, 1.165) is 0 Å². The average Bonchev–Trinajstić information content (AvgIpc) is 3.02. The molecule has 0 aromatic heterocycles. The monoisotopic (exact) mass is 289 g/mol. The molecule has 0 aliphatic heterocycles. The molecule has 1 aliphatic carbocycles. The van der Waals surface area contributed by atoms with Gasteiger partial charge in [-0.3, -0.25) is 9.36 Å². The van der Waals surface area contributed by atoms with E-state index in [1.165, 1.54) is 7.11 Å². The number of esters is 1. The van der Waals surface area contributed by atoms with Gasteiger partial charge in [-0.15, -0.1) is 0 Å². The van der Waals surface area contributed by atoms with Crippen LogP contribution >= 0.6 is 7.60 Å². The summed E-state index contributed by atoms with van der Waals surface area (Å²) in [6.45, 7) is 6.82. The van der Waals surface area contributed by atoms with Crippen LogP contribution in [0.3, 0.4) is 0 Å². The van der Waals surface area contributed by atoms with Crippen molar-refractivity contribution in [1.82, 2.24) is 0 Å². The summed E-state index contributed by atoms with van der Waals surface area (Å²) in [7, 11) is -2.47.